The lowest BCUT2D eigenvalue weighted by Gasteiger charge is -2.15. The number of nitrogens with one attached hydrogen (secondary N) is 1. The first-order valence-electron chi connectivity index (χ1n) is 6.54. The second kappa shape index (κ2) is 6.26. The molecule has 0 radical (unpaired) electrons. The monoisotopic (exact) mass is 281 g/mol. The highest BCUT2D eigenvalue weighted by Crippen LogP contribution is 2.24. The molecule has 0 spiro atoms. The van der Waals surface area contributed by atoms with Crippen LogP contribution in [0.3, 0.4) is 0 Å². The second-order valence-corrected chi connectivity index (χ2v) is 5.30. The van der Waals surface area contributed by atoms with Crippen LogP contribution >= 0.6 is 11.6 Å². The minimum atomic E-state index is 0.538. The van der Waals surface area contributed by atoms with E-state index in [9.17, 15) is 0 Å². The first-order chi connectivity index (χ1) is 9.10. The number of fused-ring (bicyclic) bond motifs is 1. The number of nitrogens with zero attached hydrogens (tertiary/aromatic N) is 2. The van der Waals surface area contributed by atoms with Gasteiger partial charge in [0, 0.05) is 24.7 Å². The fourth-order valence-electron chi connectivity index (χ4n) is 1.93. The summed E-state index contributed by atoms with van der Waals surface area (Å²) in [5, 5.41) is 3.91. The molecular weight excluding hydrogens is 262 g/mol. The third-order valence-electron chi connectivity index (χ3n) is 3.29. The van der Waals surface area contributed by atoms with Crippen molar-refractivity contribution in [3.05, 3.63) is 23.2 Å². The third-order valence-corrected chi connectivity index (χ3v) is 3.52. The van der Waals surface area contributed by atoms with Crippen LogP contribution in [0, 0.1) is 0 Å². The summed E-state index contributed by atoms with van der Waals surface area (Å²) in [5.74, 6) is 0. The summed E-state index contributed by atoms with van der Waals surface area (Å²) in [5.41, 5.74) is 1.58. The molecular formula is C14H20ClN3O. The predicted octanol–water partition coefficient (Wildman–Crippen LogP) is 3.31. The van der Waals surface area contributed by atoms with Crippen LogP contribution in [0.1, 0.15) is 19.8 Å². The smallest absolute Gasteiger partial charge is 0.298 e. The number of aromatic nitrogens is 1. The topological polar surface area (TPSA) is 41.3 Å². The van der Waals surface area contributed by atoms with Gasteiger partial charge in [-0.3, -0.25) is 0 Å². The van der Waals surface area contributed by atoms with Gasteiger partial charge in [0.25, 0.3) is 6.01 Å². The molecule has 19 heavy (non-hydrogen) atoms. The van der Waals surface area contributed by atoms with Crippen molar-refractivity contribution in [1.29, 1.82) is 0 Å². The van der Waals surface area contributed by atoms with Gasteiger partial charge in [0.05, 0.1) is 0 Å². The average Bonchev–Trinajstić information content (AvgIpc) is 2.81. The van der Waals surface area contributed by atoms with Gasteiger partial charge < -0.3 is 14.6 Å². The highest BCUT2D eigenvalue weighted by atomic mass is 35.5. The molecule has 0 fully saturated rings. The number of halogens is 1. The molecule has 2 rings (SSSR count). The van der Waals surface area contributed by atoms with E-state index < -0.39 is 0 Å². The van der Waals surface area contributed by atoms with Crippen molar-refractivity contribution in [3.63, 3.8) is 0 Å². The van der Waals surface area contributed by atoms with E-state index in [4.69, 9.17) is 16.0 Å². The number of rotatable bonds is 6. The van der Waals surface area contributed by atoms with Crippen LogP contribution in [0.4, 0.5) is 6.01 Å². The van der Waals surface area contributed by atoms with E-state index in [0.29, 0.717) is 17.1 Å². The summed E-state index contributed by atoms with van der Waals surface area (Å²) in [6.07, 6.45) is 2.23. The normalized spacial score (nSPS) is 12.8. The van der Waals surface area contributed by atoms with Crippen molar-refractivity contribution < 1.29 is 4.42 Å². The largest absolute Gasteiger partial charge is 0.423 e. The molecule has 0 aliphatic rings. The molecule has 1 atom stereocenters. The zero-order chi connectivity index (χ0) is 13.8. The van der Waals surface area contributed by atoms with Crippen molar-refractivity contribution in [2.75, 3.05) is 25.5 Å². The lowest BCUT2D eigenvalue weighted by atomic mass is 10.2. The average molecular weight is 282 g/mol. The van der Waals surface area contributed by atoms with Gasteiger partial charge in [-0.05, 0) is 45.0 Å². The summed E-state index contributed by atoms with van der Waals surface area (Å²) in [4.78, 5) is 6.49. The Morgan fingerprint density at radius 1 is 1.47 bits per heavy atom. The maximum Gasteiger partial charge on any atom is 0.298 e. The summed E-state index contributed by atoms with van der Waals surface area (Å²) < 4.78 is 5.71. The van der Waals surface area contributed by atoms with Gasteiger partial charge in [0.1, 0.15) is 5.52 Å². The number of anilines is 1. The minimum absolute atomic E-state index is 0.538. The quantitative estimate of drug-likeness (QED) is 0.882. The van der Waals surface area contributed by atoms with E-state index in [-0.39, 0.29) is 0 Å². The molecule has 1 aromatic carbocycles. The molecule has 0 aliphatic heterocycles. The van der Waals surface area contributed by atoms with Gasteiger partial charge >= 0.3 is 0 Å². The summed E-state index contributed by atoms with van der Waals surface area (Å²) >= 11 is 5.94. The van der Waals surface area contributed by atoms with Crippen LogP contribution in [-0.2, 0) is 0 Å². The second-order valence-electron chi connectivity index (χ2n) is 4.86. The van der Waals surface area contributed by atoms with Crippen LogP contribution in [0.25, 0.3) is 11.1 Å². The molecule has 0 aliphatic carbocycles. The summed E-state index contributed by atoms with van der Waals surface area (Å²) in [7, 11) is 3.98. The molecule has 0 amide bonds. The predicted molar refractivity (Wildman–Crippen MR) is 80.0 cm³/mol. The fraction of sp³-hybridized carbons (Fsp3) is 0.500. The Hall–Kier alpha value is -1.26. The molecule has 1 heterocycles. The molecule has 1 aromatic heterocycles. The lowest BCUT2D eigenvalue weighted by molar-refractivity contribution is 0.526. The highest BCUT2D eigenvalue weighted by molar-refractivity contribution is 6.31. The molecule has 5 heteroatoms. The number of hydrogen-bond donors (Lipinski definition) is 1. The van der Waals surface area contributed by atoms with Crippen LogP contribution in [0.2, 0.25) is 5.02 Å². The summed E-state index contributed by atoms with van der Waals surface area (Å²) in [6, 6.07) is 6.67. The van der Waals surface area contributed by atoms with Gasteiger partial charge in [-0.25, -0.2) is 0 Å². The zero-order valence-electron chi connectivity index (χ0n) is 11.6. The van der Waals surface area contributed by atoms with E-state index in [1.807, 2.05) is 37.2 Å². The fourth-order valence-corrected chi connectivity index (χ4v) is 2.09. The van der Waals surface area contributed by atoms with Gasteiger partial charge in [-0.2, -0.15) is 4.98 Å². The van der Waals surface area contributed by atoms with Gasteiger partial charge in [0.15, 0.2) is 5.58 Å². The molecule has 2 aromatic rings. The Morgan fingerprint density at radius 3 is 3.00 bits per heavy atom. The van der Waals surface area contributed by atoms with Crippen LogP contribution < -0.4 is 10.2 Å². The molecule has 0 bridgehead atoms. The Labute approximate surface area is 118 Å². The van der Waals surface area contributed by atoms with Gasteiger partial charge in [-0.1, -0.05) is 11.6 Å². The van der Waals surface area contributed by atoms with Crippen molar-refractivity contribution in [3.8, 4) is 0 Å². The molecule has 0 saturated carbocycles. The van der Waals surface area contributed by atoms with Crippen molar-refractivity contribution in [1.82, 2.24) is 10.3 Å². The minimum Gasteiger partial charge on any atom is -0.423 e. The van der Waals surface area contributed by atoms with E-state index in [2.05, 4.69) is 17.2 Å². The zero-order valence-corrected chi connectivity index (χ0v) is 12.4. The molecule has 0 saturated heterocycles. The van der Waals surface area contributed by atoms with Crippen LogP contribution in [-0.4, -0.2) is 31.7 Å². The number of benzene rings is 1. The SMILES string of the molecule is CN[C@H](C)CCCN(C)c1nc2cc(Cl)ccc2o1. The first kappa shape index (κ1) is 14.2. The van der Waals surface area contributed by atoms with E-state index in [1.165, 1.54) is 0 Å². The van der Waals surface area contributed by atoms with Crippen molar-refractivity contribution in [2.24, 2.45) is 0 Å². The Kier molecular flexibility index (Phi) is 4.66. The number of hydrogen-bond acceptors (Lipinski definition) is 4. The van der Waals surface area contributed by atoms with Gasteiger partial charge in [0.2, 0.25) is 0 Å². The van der Waals surface area contributed by atoms with Crippen LogP contribution in [0.5, 0.6) is 0 Å². The Balaban J connectivity index is 1.99. The van der Waals surface area contributed by atoms with E-state index in [0.717, 1.165) is 30.5 Å². The van der Waals surface area contributed by atoms with Crippen molar-refractivity contribution in [2.45, 2.75) is 25.8 Å². The van der Waals surface area contributed by atoms with Crippen molar-refractivity contribution >= 4 is 28.7 Å². The summed E-state index contributed by atoms with van der Waals surface area (Å²) in [6.45, 7) is 3.11. The first-order valence-corrected chi connectivity index (χ1v) is 6.92. The Morgan fingerprint density at radius 2 is 2.26 bits per heavy atom. The maximum atomic E-state index is 5.94. The molecule has 104 valence electrons. The maximum absolute atomic E-state index is 5.94. The third kappa shape index (κ3) is 3.61. The van der Waals surface area contributed by atoms with E-state index in [1.54, 1.807) is 0 Å². The molecule has 1 N–H and O–H groups in total. The van der Waals surface area contributed by atoms with E-state index >= 15 is 0 Å². The Bertz CT molecular complexity index is 540. The molecule has 4 nitrogen and oxygen atoms in total. The standard InChI is InChI=1S/C14H20ClN3O/c1-10(16-2)5-4-8-18(3)14-17-12-9-11(15)6-7-13(12)19-14/h6-7,9-10,16H,4-5,8H2,1-3H3/t10-/m1/s1. The lowest BCUT2D eigenvalue weighted by Crippen LogP contribution is -2.24. The number of oxazole rings is 1. The molecule has 0 unspecified atom stereocenters. The van der Waals surface area contributed by atoms with Gasteiger partial charge in [-0.15, -0.1) is 0 Å². The highest BCUT2D eigenvalue weighted by Gasteiger charge is 2.10. The van der Waals surface area contributed by atoms with Crippen LogP contribution in [0.15, 0.2) is 22.6 Å².